The summed E-state index contributed by atoms with van der Waals surface area (Å²) in [6, 6.07) is -0.0983. The van der Waals surface area contributed by atoms with E-state index in [9.17, 15) is 4.79 Å². The number of aromatic nitrogens is 2. The van der Waals surface area contributed by atoms with E-state index in [1.165, 1.54) is 4.90 Å². The fourth-order valence-electron chi connectivity index (χ4n) is 1.74. The molecule has 3 N–H and O–H groups in total. The molecule has 21 heavy (non-hydrogen) atoms. The van der Waals surface area contributed by atoms with Gasteiger partial charge >= 0.3 is 6.03 Å². The summed E-state index contributed by atoms with van der Waals surface area (Å²) >= 11 is 0. The van der Waals surface area contributed by atoms with Gasteiger partial charge in [0.1, 0.15) is 17.5 Å². The van der Waals surface area contributed by atoms with E-state index in [1.54, 1.807) is 14.1 Å². The molecule has 0 bridgehead atoms. The van der Waals surface area contributed by atoms with Crippen LogP contribution in [0, 0.1) is 6.92 Å². The van der Waals surface area contributed by atoms with Crippen LogP contribution in [-0.4, -0.2) is 54.6 Å². The van der Waals surface area contributed by atoms with Crippen LogP contribution in [0.15, 0.2) is 0 Å². The lowest BCUT2D eigenvalue weighted by molar-refractivity contribution is 0.218. The van der Waals surface area contributed by atoms with Crippen molar-refractivity contribution >= 4 is 17.7 Å². The number of nitrogens with one attached hydrogen (secondary N) is 3. The van der Waals surface area contributed by atoms with Crippen LogP contribution in [0.5, 0.6) is 0 Å². The predicted octanol–water partition coefficient (Wildman–Crippen LogP) is 1.46. The van der Waals surface area contributed by atoms with Crippen molar-refractivity contribution in [1.82, 2.24) is 20.2 Å². The van der Waals surface area contributed by atoms with Crippen LogP contribution in [0.1, 0.15) is 25.2 Å². The van der Waals surface area contributed by atoms with Crippen molar-refractivity contribution in [3.05, 3.63) is 11.4 Å². The van der Waals surface area contributed by atoms with E-state index in [0.717, 1.165) is 36.0 Å². The number of urea groups is 1. The highest BCUT2D eigenvalue weighted by atomic mass is 16.2. The maximum Gasteiger partial charge on any atom is 0.316 e. The van der Waals surface area contributed by atoms with Crippen molar-refractivity contribution in [3.63, 3.8) is 0 Å². The number of aryl methyl sites for hydroxylation is 1. The monoisotopic (exact) mass is 294 g/mol. The molecule has 0 aromatic carbocycles. The van der Waals surface area contributed by atoms with Crippen molar-refractivity contribution in [2.45, 2.75) is 27.2 Å². The Morgan fingerprint density at radius 3 is 2.24 bits per heavy atom. The maximum atomic E-state index is 11.4. The first kappa shape index (κ1) is 17.0. The number of rotatable bonds is 7. The van der Waals surface area contributed by atoms with Gasteiger partial charge in [-0.2, -0.15) is 0 Å². The molecule has 7 heteroatoms. The molecule has 1 heterocycles. The Morgan fingerprint density at radius 1 is 1.10 bits per heavy atom. The molecule has 1 aromatic rings. The zero-order valence-corrected chi connectivity index (χ0v) is 13.6. The zero-order chi connectivity index (χ0) is 15.8. The summed E-state index contributed by atoms with van der Waals surface area (Å²) in [6.45, 7) is 8.03. The number of carbonyl (C=O) groups excluding carboxylic acids is 1. The lowest BCUT2D eigenvalue weighted by atomic mass is 10.3. The van der Waals surface area contributed by atoms with Gasteiger partial charge < -0.3 is 20.9 Å². The number of nitrogens with zero attached hydrogens (tertiary/aromatic N) is 3. The van der Waals surface area contributed by atoms with Crippen LogP contribution in [0.3, 0.4) is 0 Å². The van der Waals surface area contributed by atoms with Crippen LogP contribution in [-0.2, 0) is 6.42 Å². The molecule has 0 fully saturated rings. The second kappa shape index (κ2) is 8.28. The van der Waals surface area contributed by atoms with Gasteiger partial charge in [-0.1, -0.05) is 6.92 Å². The summed E-state index contributed by atoms with van der Waals surface area (Å²) in [4.78, 5) is 21.9. The molecule has 7 nitrogen and oxygen atoms in total. The molecule has 0 aliphatic rings. The van der Waals surface area contributed by atoms with Crippen molar-refractivity contribution in [2.24, 2.45) is 0 Å². The average molecular weight is 294 g/mol. The first-order chi connectivity index (χ1) is 9.99. The van der Waals surface area contributed by atoms with E-state index < -0.39 is 0 Å². The summed E-state index contributed by atoms with van der Waals surface area (Å²) in [7, 11) is 3.43. The number of anilines is 2. The summed E-state index contributed by atoms with van der Waals surface area (Å²) < 4.78 is 0. The predicted molar refractivity (Wildman–Crippen MR) is 85.9 cm³/mol. The van der Waals surface area contributed by atoms with Gasteiger partial charge in [0, 0.05) is 45.7 Å². The fraction of sp³-hybridized carbons (Fsp3) is 0.643. The molecule has 2 amide bonds. The van der Waals surface area contributed by atoms with Crippen LogP contribution in [0.25, 0.3) is 0 Å². The quantitative estimate of drug-likeness (QED) is 0.663. The first-order valence-corrected chi connectivity index (χ1v) is 7.30. The van der Waals surface area contributed by atoms with Gasteiger partial charge in [0.05, 0.1) is 0 Å². The molecule has 0 atom stereocenters. The lowest BCUT2D eigenvalue weighted by Crippen LogP contribution is -2.37. The summed E-state index contributed by atoms with van der Waals surface area (Å²) in [6.07, 6.45) is 0.782. The van der Waals surface area contributed by atoms with Crippen LogP contribution >= 0.6 is 0 Å². The normalized spacial score (nSPS) is 10.1. The third kappa shape index (κ3) is 5.09. The average Bonchev–Trinajstić information content (AvgIpc) is 2.46. The highest BCUT2D eigenvalue weighted by Crippen LogP contribution is 2.19. The maximum absolute atomic E-state index is 11.4. The highest BCUT2D eigenvalue weighted by molar-refractivity contribution is 5.73. The Bertz CT molecular complexity index is 475. The Morgan fingerprint density at radius 2 is 1.71 bits per heavy atom. The second-order valence-corrected chi connectivity index (χ2v) is 4.90. The van der Waals surface area contributed by atoms with E-state index >= 15 is 0 Å². The van der Waals surface area contributed by atoms with E-state index in [-0.39, 0.29) is 6.03 Å². The molecule has 0 aliphatic carbocycles. The van der Waals surface area contributed by atoms with Crippen molar-refractivity contribution in [1.29, 1.82) is 0 Å². The molecule has 0 aliphatic heterocycles. The highest BCUT2D eigenvalue weighted by Gasteiger charge is 2.09. The van der Waals surface area contributed by atoms with Crippen LogP contribution in [0.2, 0.25) is 0 Å². The molecule has 1 aromatic heterocycles. The molecule has 1 rings (SSSR count). The summed E-state index contributed by atoms with van der Waals surface area (Å²) in [5, 5.41) is 9.31. The zero-order valence-electron chi connectivity index (χ0n) is 13.6. The Hall–Kier alpha value is -2.05. The van der Waals surface area contributed by atoms with E-state index in [2.05, 4.69) is 25.9 Å². The largest absolute Gasteiger partial charge is 0.370 e. The smallest absolute Gasteiger partial charge is 0.316 e. The minimum absolute atomic E-state index is 0.0983. The third-order valence-corrected chi connectivity index (χ3v) is 2.95. The number of amides is 2. The number of carbonyl (C=O) groups is 1. The van der Waals surface area contributed by atoms with Gasteiger partial charge in [0.25, 0.3) is 0 Å². The SMILES string of the molecule is CCNc1nc(CC)nc(NCCNC(=O)N(C)C)c1C. The molecule has 0 radical (unpaired) electrons. The Balaban J connectivity index is 2.65. The van der Waals surface area contributed by atoms with Crippen LogP contribution < -0.4 is 16.0 Å². The standard InChI is InChI=1S/C14H26N6O/c1-6-11-18-12(15-7-2)10(3)13(19-11)16-8-9-17-14(21)20(4)5/h6-9H2,1-5H3,(H,17,21)(H2,15,16,18,19). The van der Waals surface area contributed by atoms with Crippen molar-refractivity contribution < 1.29 is 4.79 Å². The Kier molecular flexibility index (Phi) is 6.71. The van der Waals surface area contributed by atoms with Gasteiger partial charge in [0.15, 0.2) is 0 Å². The number of hydrogen-bond acceptors (Lipinski definition) is 5. The van der Waals surface area contributed by atoms with Crippen molar-refractivity contribution in [3.8, 4) is 0 Å². The lowest BCUT2D eigenvalue weighted by Gasteiger charge is -2.15. The van der Waals surface area contributed by atoms with Gasteiger partial charge in [-0.25, -0.2) is 14.8 Å². The van der Waals surface area contributed by atoms with E-state index in [4.69, 9.17) is 0 Å². The van der Waals surface area contributed by atoms with Crippen LogP contribution in [0.4, 0.5) is 16.4 Å². The molecule has 0 spiro atoms. The van der Waals surface area contributed by atoms with E-state index in [0.29, 0.717) is 13.1 Å². The molecule has 0 unspecified atom stereocenters. The summed E-state index contributed by atoms with van der Waals surface area (Å²) in [5.41, 5.74) is 0.994. The minimum Gasteiger partial charge on any atom is -0.370 e. The van der Waals surface area contributed by atoms with E-state index in [1.807, 2.05) is 20.8 Å². The third-order valence-electron chi connectivity index (χ3n) is 2.95. The van der Waals surface area contributed by atoms with Gasteiger partial charge in [0.2, 0.25) is 0 Å². The summed E-state index contributed by atoms with van der Waals surface area (Å²) in [5.74, 6) is 2.48. The second-order valence-electron chi connectivity index (χ2n) is 4.90. The van der Waals surface area contributed by atoms with Crippen molar-refractivity contribution in [2.75, 3.05) is 44.4 Å². The topological polar surface area (TPSA) is 82.2 Å². The van der Waals surface area contributed by atoms with Gasteiger partial charge in [-0.05, 0) is 13.8 Å². The molecular formula is C14H26N6O. The number of hydrogen-bond donors (Lipinski definition) is 3. The molecule has 0 saturated carbocycles. The van der Waals surface area contributed by atoms with Gasteiger partial charge in [-0.15, -0.1) is 0 Å². The molecule has 118 valence electrons. The fourth-order valence-corrected chi connectivity index (χ4v) is 1.74. The molecular weight excluding hydrogens is 268 g/mol. The first-order valence-electron chi connectivity index (χ1n) is 7.30. The Labute approximate surface area is 126 Å². The molecule has 0 saturated heterocycles. The minimum atomic E-state index is -0.0983. The van der Waals surface area contributed by atoms with Gasteiger partial charge in [-0.3, -0.25) is 0 Å².